The largest absolute Gasteiger partial charge is 0.494 e. The molecule has 0 saturated carbocycles. The van der Waals surface area contributed by atoms with Crippen LogP contribution in [-0.4, -0.2) is 26.2 Å². The highest BCUT2D eigenvalue weighted by molar-refractivity contribution is 5.96. The Hall–Kier alpha value is -2.33. The smallest absolute Gasteiger partial charge is 0.250 e. The first-order chi connectivity index (χ1) is 10.2. The van der Waals surface area contributed by atoms with Crippen molar-refractivity contribution < 1.29 is 14.3 Å². The summed E-state index contributed by atoms with van der Waals surface area (Å²) in [7, 11) is 1.50. The zero-order valence-corrected chi connectivity index (χ0v) is 12.3. The van der Waals surface area contributed by atoms with Crippen molar-refractivity contribution in [2.24, 2.45) is 0 Å². The summed E-state index contributed by atoms with van der Waals surface area (Å²) in [5.41, 5.74) is 2.75. The summed E-state index contributed by atoms with van der Waals surface area (Å²) in [6, 6.07) is 15.5. The predicted molar refractivity (Wildman–Crippen MR) is 83.6 cm³/mol. The van der Waals surface area contributed by atoms with E-state index in [1.807, 2.05) is 55.5 Å². The van der Waals surface area contributed by atoms with E-state index in [-0.39, 0.29) is 12.5 Å². The molecule has 0 bridgehead atoms. The predicted octanol–water partition coefficient (Wildman–Crippen LogP) is 3.34. The zero-order valence-electron chi connectivity index (χ0n) is 12.3. The van der Waals surface area contributed by atoms with Crippen LogP contribution in [0, 0.1) is 0 Å². The topological polar surface area (TPSA) is 47.6 Å². The normalized spacial score (nSPS) is 10.2. The van der Waals surface area contributed by atoms with Gasteiger partial charge in [0, 0.05) is 18.4 Å². The number of amides is 1. The SMILES string of the molecule is CCOc1ccc(-c2ccccc2NC(=O)COC)cc1. The Labute approximate surface area is 124 Å². The van der Waals surface area contributed by atoms with Crippen LogP contribution in [0.3, 0.4) is 0 Å². The van der Waals surface area contributed by atoms with E-state index in [0.29, 0.717) is 6.61 Å². The van der Waals surface area contributed by atoms with Crippen molar-refractivity contribution in [2.75, 3.05) is 25.6 Å². The number of anilines is 1. The van der Waals surface area contributed by atoms with E-state index in [2.05, 4.69) is 5.32 Å². The molecule has 0 aliphatic rings. The van der Waals surface area contributed by atoms with E-state index in [4.69, 9.17) is 9.47 Å². The Morgan fingerprint density at radius 3 is 2.48 bits per heavy atom. The van der Waals surface area contributed by atoms with Crippen LogP contribution < -0.4 is 10.1 Å². The fourth-order valence-corrected chi connectivity index (χ4v) is 2.06. The first kappa shape index (κ1) is 15.1. The Kier molecular flexibility index (Phi) is 5.35. The average molecular weight is 285 g/mol. The minimum atomic E-state index is -0.170. The molecule has 0 aromatic heterocycles. The summed E-state index contributed by atoms with van der Waals surface area (Å²) in [6.07, 6.45) is 0. The van der Waals surface area contributed by atoms with Crippen LogP contribution in [0.1, 0.15) is 6.92 Å². The van der Waals surface area contributed by atoms with Gasteiger partial charge in [0.15, 0.2) is 0 Å². The third-order valence-electron chi connectivity index (χ3n) is 2.95. The molecule has 0 unspecified atom stereocenters. The lowest BCUT2D eigenvalue weighted by molar-refractivity contribution is -0.119. The standard InChI is InChI=1S/C17H19NO3/c1-3-21-14-10-8-13(9-11-14)15-6-4-5-7-16(15)18-17(19)12-20-2/h4-11H,3,12H2,1-2H3,(H,18,19). The molecule has 0 spiro atoms. The van der Waals surface area contributed by atoms with Crippen molar-refractivity contribution >= 4 is 11.6 Å². The Morgan fingerprint density at radius 2 is 1.81 bits per heavy atom. The zero-order chi connectivity index (χ0) is 15.1. The van der Waals surface area contributed by atoms with Crippen LogP contribution in [0.5, 0.6) is 5.75 Å². The summed E-state index contributed by atoms with van der Waals surface area (Å²) in [6.45, 7) is 2.63. The molecule has 0 heterocycles. The molecule has 21 heavy (non-hydrogen) atoms. The quantitative estimate of drug-likeness (QED) is 0.885. The van der Waals surface area contributed by atoms with Crippen LogP contribution in [-0.2, 0) is 9.53 Å². The summed E-state index contributed by atoms with van der Waals surface area (Å²) >= 11 is 0. The monoisotopic (exact) mass is 285 g/mol. The van der Waals surface area contributed by atoms with Gasteiger partial charge < -0.3 is 14.8 Å². The van der Waals surface area contributed by atoms with Gasteiger partial charge >= 0.3 is 0 Å². The van der Waals surface area contributed by atoms with E-state index in [1.165, 1.54) is 7.11 Å². The van der Waals surface area contributed by atoms with Crippen molar-refractivity contribution in [1.29, 1.82) is 0 Å². The van der Waals surface area contributed by atoms with Crippen molar-refractivity contribution in [3.8, 4) is 16.9 Å². The summed E-state index contributed by atoms with van der Waals surface area (Å²) in [4.78, 5) is 11.7. The number of methoxy groups -OCH3 is 1. The molecule has 1 N–H and O–H groups in total. The van der Waals surface area contributed by atoms with Crippen molar-refractivity contribution in [3.63, 3.8) is 0 Å². The number of ether oxygens (including phenoxy) is 2. The highest BCUT2D eigenvalue weighted by Gasteiger charge is 2.08. The molecule has 1 amide bonds. The molecule has 2 aromatic carbocycles. The molecule has 110 valence electrons. The van der Waals surface area contributed by atoms with E-state index in [1.54, 1.807) is 0 Å². The average Bonchev–Trinajstić information content (AvgIpc) is 2.49. The van der Waals surface area contributed by atoms with Crippen molar-refractivity contribution in [1.82, 2.24) is 0 Å². The molecule has 4 nitrogen and oxygen atoms in total. The van der Waals surface area contributed by atoms with Crippen molar-refractivity contribution in [3.05, 3.63) is 48.5 Å². The van der Waals surface area contributed by atoms with Crippen LogP contribution in [0.15, 0.2) is 48.5 Å². The van der Waals surface area contributed by atoms with E-state index < -0.39 is 0 Å². The van der Waals surface area contributed by atoms with Gasteiger partial charge in [-0.3, -0.25) is 4.79 Å². The van der Waals surface area contributed by atoms with Gasteiger partial charge in [0.1, 0.15) is 12.4 Å². The minimum absolute atomic E-state index is 0.0393. The third kappa shape index (κ3) is 4.07. The molecule has 0 saturated heterocycles. The second kappa shape index (κ2) is 7.45. The molecule has 0 atom stereocenters. The second-order valence-electron chi connectivity index (χ2n) is 4.48. The van der Waals surface area contributed by atoms with E-state index in [9.17, 15) is 4.79 Å². The first-order valence-corrected chi connectivity index (χ1v) is 6.85. The van der Waals surface area contributed by atoms with Gasteiger partial charge in [-0.1, -0.05) is 30.3 Å². The molecule has 0 fully saturated rings. The lowest BCUT2D eigenvalue weighted by atomic mass is 10.0. The van der Waals surface area contributed by atoms with Crippen LogP contribution in [0.25, 0.3) is 11.1 Å². The van der Waals surface area contributed by atoms with Crippen LogP contribution in [0.4, 0.5) is 5.69 Å². The number of carbonyl (C=O) groups is 1. The van der Waals surface area contributed by atoms with Gasteiger partial charge in [-0.25, -0.2) is 0 Å². The van der Waals surface area contributed by atoms with Crippen LogP contribution >= 0.6 is 0 Å². The number of hydrogen-bond acceptors (Lipinski definition) is 3. The fraction of sp³-hybridized carbons (Fsp3) is 0.235. The molecule has 2 rings (SSSR count). The molecule has 4 heteroatoms. The van der Waals surface area contributed by atoms with Crippen molar-refractivity contribution in [2.45, 2.75) is 6.92 Å². The highest BCUT2D eigenvalue weighted by atomic mass is 16.5. The Morgan fingerprint density at radius 1 is 1.10 bits per heavy atom. The molecule has 0 aliphatic heterocycles. The molecular formula is C17H19NO3. The number of hydrogen-bond donors (Lipinski definition) is 1. The van der Waals surface area contributed by atoms with Gasteiger partial charge in [-0.2, -0.15) is 0 Å². The minimum Gasteiger partial charge on any atom is -0.494 e. The summed E-state index contributed by atoms with van der Waals surface area (Å²) in [5.74, 6) is 0.665. The lowest BCUT2D eigenvalue weighted by Crippen LogP contribution is -2.17. The maximum atomic E-state index is 11.7. The number of nitrogens with one attached hydrogen (secondary N) is 1. The first-order valence-electron chi connectivity index (χ1n) is 6.85. The fourth-order valence-electron chi connectivity index (χ4n) is 2.06. The number of rotatable bonds is 6. The van der Waals surface area contributed by atoms with Gasteiger partial charge in [0.25, 0.3) is 0 Å². The lowest BCUT2D eigenvalue weighted by Gasteiger charge is -2.11. The molecular weight excluding hydrogens is 266 g/mol. The molecule has 0 aliphatic carbocycles. The van der Waals surface area contributed by atoms with E-state index >= 15 is 0 Å². The second-order valence-corrected chi connectivity index (χ2v) is 4.48. The van der Waals surface area contributed by atoms with Gasteiger partial charge in [-0.05, 0) is 30.7 Å². The van der Waals surface area contributed by atoms with Crippen LogP contribution in [0.2, 0.25) is 0 Å². The van der Waals surface area contributed by atoms with Gasteiger partial charge in [-0.15, -0.1) is 0 Å². The van der Waals surface area contributed by atoms with Gasteiger partial charge in [0.05, 0.1) is 6.61 Å². The molecule has 0 radical (unpaired) electrons. The molecule has 2 aromatic rings. The maximum Gasteiger partial charge on any atom is 0.250 e. The number of benzene rings is 2. The summed E-state index contributed by atoms with van der Waals surface area (Å²) in [5, 5.41) is 2.85. The maximum absolute atomic E-state index is 11.7. The Balaban J connectivity index is 2.24. The Bertz CT molecular complexity index is 593. The number of para-hydroxylation sites is 1. The third-order valence-corrected chi connectivity index (χ3v) is 2.95. The van der Waals surface area contributed by atoms with E-state index in [0.717, 1.165) is 22.6 Å². The summed E-state index contributed by atoms with van der Waals surface area (Å²) < 4.78 is 10.3. The van der Waals surface area contributed by atoms with Gasteiger partial charge in [0.2, 0.25) is 5.91 Å². The number of carbonyl (C=O) groups excluding carboxylic acids is 1. The highest BCUT2D eigenvalue weighted by Crippen LogP contribution is 2.29.